The van der Waals surface area contributed by atoms with Crippen molar-refractivity contribution in [2.45, 2.75) is 37.3 Å². The molecule has 0 spiro atoms. The van der Waals surface area contributed by atoms with Crippen LogP contribution >= 0.6 is 0 Å². The third-order valence-electron chi connectivity index (χ3n) is 3.83. The molecule has 2 fully saturated rings. The van der Waals surface area contributed by atoms with E-state index in [0.29, 0.717) is 6.04 Å². The molecule has 0 amide bonds. The smallest absolute Gasteiger partial charge is 0.327 e. The quantitative estimate of drug-likeness (QED) is 0.672. The van der Waals surface area contributed by atoms with Gasteiger partial charge in [0.2, 0.25) is 0 Å². The molecule has 0 saturated carbocycles. The summed E-state index contributed by atoms with van der Waals surface area (Å²) in [6.07, 6.45) is 4.26. The van der Waals surface area contributed by atoms with Crippen molar-refractivity contribution in [1.82, 2.24) is 10.2 Å². The lowest BCUT2D eigenvalue weighted by Gasteiger charge is -2.36. The summed E-state index contributed by atoms with van der Waals surface area (Å²) < 4.78 is 4.97. The van der Waals surface area contributed by atoms with Crippen LogP contribution < -0.4 is 5.32 Å². The van der Waals surface area contributed by atoms with E-state index >= 15 is 0 Å². The summed E-state index contributed by atoms with van der Waals surface area (Å²) in [7, 11) is 3.58. The van der Waals surface area contributed by atoms with Gasteiger partial charge in [-0.15, -0.1) is 0 Å². The van der Waals surface area contributed by atoms with Crippen LogP contribution in [0.1, 0.15) is 25.7 Å². The normalized spacial score (nSPS) is 37.1. The van der Waals surface area contributed by atoms with Gasteiger partial charge in [-0.3, -0.25) is 0 Å². The van der Waals surface area contributed by atoms with E-state index in [4.69, 9.17) is 4.74 Å². The molecule has 0 radical (unpaired) electrons. The van der Waals surface area contributed by atoms with E-state index in [1.54, 1.807) is 0 Å². The van der Waals surface area contributed by atoms with Gasteiger partial charge in [-0.05, 0) is 45.8 Å². The number of likely N-dealkylation sites (tertiary alicyclic amines) is 1. The van der Waals surface area contributed by atoms with Crippen molar-refractivity contribution < 1.29 is 9.53 Å². The lowest BCUT2D eigenvalue weighted by atomic mass is 9.87. The van der Waals surface area contributed by atoms with Gasteiger partial charge in [0.05, 0.1) is 7.11 Å². The van der Waals surface area contributed by atoms with Gasteiger partial charge in [-0.25, -0.2) is 4.79 Å². The average molecular weight is 212 g/mol. The van der Waals surface area contributed by atoms with Gasteiger partial charge >= 0.3 is 5.97 Å². The molecule has 0 bridgehead atoms. The fourth-order valence-corrected chi connectivity index (χ4v) is 3.08. The molecule has 2 aliphatic rings. The van der Waals surface area contributed by atoms with Crippen LogP contribution in [0.3, 0.4) is 0 Å². The molecule has 1 N–H and O–H groups in total. The first-order valence-corrected chi connectivity index (χ1v) is 5.74. The summed E-state index contributed by atoms with van der Waals surface area (Å²) in [5.74, 6) is -0.0845. The standard InChI is InChI=1S/C11H20N2O2/c1-13-8-3-5-9(13)11(10(14)15-2)6-4-7-12-11/h9,12H,3-8H2,1-2H3. The maximum atomic E-state index is 12.0. The van der Waals surface area contributed by atoms with E-state index in [2.05, 4.69) is 17.3 Å². The fraction of sp³-hybridized carbons (Fsp3) is 0.909. The number of esters is 1. The van der Waals surface area contributed by atoms with Gasteiger partial charge in [0, 0.05) is 6.04 Å². The molecule has 2 atom stereocenters. The predicted octanol–water partition coefficient (Wildman–Crippen LogP) is 0.376. The number of nitrogens with zero attached hydrogens (tertiary/aromatic N) is 1. The van der Waals surface area contributed by atoms with Crippen LogP contribution in [0, 0.1) is 0 Å². The number of nitrogens with one attached hydrogen (secondary N) is 1. The maximum absolute atomic E-state index is 12.0. The highest BCUT2D eigenvalue weighted by Crippen LogP contribution is 2.33. The van der Waals surface area contributed by atoms with E-state index in [1.165, 1.54) is 13.5 Å². The number of methoxy groups -OCH3 is 1. The number of rotatable bonds is 2. The number of hydrogen-bond donors (Lipinski definition) is 1. The topological polar surface area (TPSA) is 41.6 Å². The Kier molecular flexibility index (Phi) is 2.98. The van der Waals surface area contributed by atoms with E-state index in [-0.39, 0.29) is 5.97 Å². The summed E-state index contributed by atoms with van der Waals surface area (Å²) in [6.45, 7) is 2.02. The lowest BCUT2D eigenvalue weighted by molar-refractivity contribution is -0.150. The molecular formula is C11H20N2O2. The van der Waals surface area contributed by atoms with Crippen LogP contribution in [0.15, 0.2) is 0 Å². The van der Waals surface area contributed by atoms with Crippen LogP contribution in [0.4, 0.5) is 0 Å². The van der Waals surface area contributed by atoms with Gasteiger partial charge in [-0.1, -0.05) is 0 Å². The molecule has 2 aliphatic heterocycles. The Hall–Kier alpha value is -0.610. The van der Waals surface area contributed by atoms with Gasteiger partial charge in [0.15, 0.2) is 0 Å². The zero-order chi connectivity index (χ0) is 10.9. The maximum Gasteiger partial charge on any atom is 0.327 e. The Bertz CT molecular complexity index is 249. The molecule has 2 unspecified atom stereocenters. The van der Waals surface area contributed by atoms with Crippen molar-refractivity contribution in [1.29, 1.82) is 0 Å². The van der Waals surface area contributed by atoms with E-state index in [9.17, 15) is 4.79 Å². The molecule has 0 aromatic carbocycles. The van der Waals surface area contributed by atoms with Crippen molar-refractivity contribution in [3.05, 3.63) is 0 Å². The molecule has 4 nitrogen and oxygen atoms in total. The Morgan fingerprint density at radius 1 is 1.53 bits per heavy atom. The van der Waals surface area contributed by atoms with Crippen molar-refractivity contribution >= 4 is 5.97 Å². The second-order valence-electron chi connectivity index (χ2n) is 4.63. The van der Waals surface area contributed by atoms with E-state index in [0.717, 1.165) is 32.4 Å². The van der Waals surface area contributed by atoms with Crippen LogP contribution in [0.2, 0.25) is 0 Å². The van der Waals surface area contributed by atoms with E-state index in [1.807, 2.05) is 0 Å². The highest BCUT2D eigenvalue weighted by atomic mass is 16.5. The number of likely N-dealkylation sites (N-methyl/N-ethyl adjacent to an activating group) is 1. The van der Waals surface area contributed by atoms with Crippen LogP contribution in [-0.2, 0) is 9.53 Å². The lowest BCUT2D eigenvalue weighted by Crippen LogP contribution is -2.60. The fourth-order valence-electron chi connectivity index (χ4n) is 3.08. The molecule has 0 aliphatic carbocycles. The van der Waals surface area contributed by atoms with Crippen molar-refractivity contribution in [3.63, 3.8) is 0 Å². The third kappa shape index (κ3) is 1.66. The second kappa shape index (κ2) is 4.10. The van der Waals surface area contributed by atoms with Gasteiger partial charge in [0.1, 0.15) is 5.54 Å². The zero-order valence-corrected chi connectivity index (χ0v) is 9.58. The largest absolute Gasteiger partial charge is 0.468 e. The summed E-state index contributed by atoms with van der Waals surface area (Å²) >= 11 is 0. The molecule has 2 heterocycles. The monoisotopic (exact) mass is 212 g/mol. The summed E-state index contributed by atoms with van der Waals surface area (Å²) in [6, 6.07) is 0.312. The van der Waals surface area contributed by atoms with Crippen LogP contribution in [0.25, 0.3) is 0 Å². The first-order chi connectivity index (χ1) is 7.20. The Labute approximate surface area is 91.0 Å². The minimum atomic E-state index is -0.431. The SMILES string of the molecule is COC(=O)C1(C2CCCN2C)CCCN1. The van der Waals surface area contributed by atoms with Crippen LogP contribution in [-0.4, -0.2) is 49.7 Å². The highest BCUT2D eigenvalue weighted by Gasteiger charge is 2.51. The third-order valence-corrected chi connectivity index (χ3v) is 3.83. The van der Waals surface area contributed by atoms with Gasteiger partial charge in [0.25, 0.3) is 0 Å². The first-order valence-electron chi connectivity index (χ1n) is 5.74. The minimum Gasteiger partial charge on any atom is -0.468 e. The summed E-state index contributed by atoms with van der Waals surface area (Å²) in [4.78, 5) is 14.2. The average Bonchev–Trinajstić information content (AvgIpc) is 2.85. The molecule has 2 rings (SSSR count). The van der Waals surface area contributed by atoms with Gasteiger partial charge < -0.3 is 15.0 Å². The molecule has 0 aromatic rings. The number of carbonyl (C=O) groups is 1. The first kappa shape index (κ1) is 10.9. The molecule has 15 heavy (non-hydrogen) atoms. The zero-order valence-electron chi connectivity index (χ0n) is 9.58. The Morgan fingerprint density at radius 3 is 2.80 bits per heavy atom. The molecule has 2 saturated heterocycles. The van der Waals surface area contributed by atoms with E-state index < -0.39 is 5.54 Å². The predicted molar refractivity (Wildman–Crippen MR) is 57.6 cm³/mol. The molecule has 0 aromatic heterocycles. The van der Waals surface area contributed by atoms with Crippen molar-refractivity contribution in [3.8, 4) is 0 Å². The van der Waals surface area contributed by atoms with Gasteiger partial charge in [-0.2, -0.15) is 0 Å². The summed E-state index contributed by atoms with van der Waals surface area (Å²) in [5, 5.41) is 3.38. The molecule has 4 heteroatoms. The Balaban J connectivity index is 2.21. The number of hydrogen-bond acceptors (Lipinski definition) is 4. The van der Waals surface area contributed by atoms with Crippen LogP contribution in [0.5, 0.6) is 0 Å². The summed E-state index contributed by atoms with van der Waals surface area (Å²) in [5.41, 5.74) is -0.431. The highest BCUT2D eigenvalue weighted by molar-refractivity contribution is 5.82. The second-order valence-corrected chi connectivity index (χ2v) is 4.63. The number of ether oxygens (including phenoxy) is 1. The molecule has 86 valence electrons. The molecular weight excluding hydrogens is 192 g/mol. The number of carbonyl (C=O) groups excluding carboxylic acids is 1. The van der Waals surface area contributed by atoms with Crippen molar-refractivity contribution in [2.75, 3.05) is 27.2 Å². The minimum absolute atomic E-state index is 0.0845. The van der Waals surface area contributed by atoms with Crippen molar-refractivity contribution in [2.24, 2.45) is 0 Å². The Morgan fingerprint density at radius 2 is 2.33 bits per heavy atom.